The lowest BCUT2D eigenvalue weighted by atomic mass is 10.0. The molecule has 0 saturated heterocycles. The van der Waals surface area contributed by atoms with Crippen molar-refractivity contribution in [3.8, 4) is 0 Å². The number of nitrogens with zero attached hydrogens (tertiary/aromatic N) is 2. The van der Waals surface area contributed by atoms with E-state index in [0.29, 0.717) is 0 Å². The zero-order chi connectivity index (χ0) is 12.0. The normalized spacial score (nSPS) is 13.0. The van der Waals surface area contributed by atoms with E-state index in [9.17, 15) is 0 Å². The average Bonchev–Trinajstić information content (AvgIpc) is 2.52. The second kappa shape index (κ2) is 6.69. The highest BCUT2D eigenvalue weighted by Gasteiger charge is 2.08. The molecule has 1 rings (SSSR count). The van der Waals surface area contributed by atoms with Gasteiger partial charge in [-0.3, -0.25) is 4.68 Å². The highest BCUT2D eigenvalue weighted by molar-refractivity contribution is 5.09. The fourth-order valence-electron chi connectivity index (χ4n) is 2.06. The summed E-state index contributed by atoms with van der Waals surface area (Å²) >= 11 is 0. The van der Waals surface area contributed by atoms with Crippen LogP contribution in [-0.4, -0.2) is 15.8 Å². The van der Waals surface area contributed by atoms with Gasteiger partial charge in [-0.2, -0.15) is 5.10 Å². The Hall–Kier alpha value is -0.830. The van der Waals surface area contributed by atoms with Gasteiger partial charge in [0, 0.05) is 25.2 Å². The number of aromatic nitrogens is 2. The van der Waals surface area contributed by atoms with E-state index in [1.807, 2.05) is 18.7 Å². The summed E-state index contributed by atoms with van der Waals surface area (Å²) in [6.07, 6.45) is 7.27. The fraction of sp³-hybridized carbons (Fsp3) is 0.769. The van der Waals surface area contributed by atoms with E-state index in [2.05, 4.69) is 18.1 Å². The van der Waals surface area contributed by atoms with Gasteiger partial charge in [0.2, 0.25) is 0 Å². The zero-order valence-corrected chi connectivity index (χ0v) is 10.9. The van der Waals surface area contributed by atoms with Gasteiger partial charge in [0.1, 0.15) is 0 Å². The molecule has 1 aromatic heterocycles. The Morgan fingerprint density at radius 2 is 2.12 bits per heavy atom. The van der Waals surface area contributed by atoms with Crippen LogP contribution in [0.4, 0.5) is 0 Å². The summed E-state index contributed by atoms with van der Waals surface area (Å²) in [5.41, 5.74) is 8.45. The highest BCUT2D eigenvalue weighted by Crippen LogP contribution is 2.10. The van der Waals surface area contributed by atoms with Crippen molar-refractivity contribution in [2.45, 2.75) is 58.4 Å². The van der Waals surface area contributed by atoms with Gasteiger partial charge in [-0.05, 0) is 19.4 Å². The molecule has 0 radical (unpaired) electrons. The largest absolute Gasteiger partial charge is 0.327 e. The van der Waals surface area contributed by atoms with Crippen LogP contribution in [0.15, 0.2) is 6.07 Å². The van der Waals surface area contributed by atoms with Crippen LogP contribution in [0, 0.1) is 6.92 Å². The topological polar surface area (TPSA) is 43.8 Å². The number of rotatable bonds is 7. The van der Waals surface area contributed by atoms with E-state index in [0.717, 1.165) is 18.5 Å². The number of hydrogen-bond donors (Lipinski definition) is 1. The quantitative estimate of drug-likeness (QED) is 0.722. The van der Waals surface area contributed by atoms with Crippen LogP contribution in [0.5, 0.6) is 0 Å². The molecular formula is C13H25N3. The standard InChI is InChI=1S/C13H25N3/c1-4-5-6-7-8-12(14)10-13-9-11(2)15-16(13)3/h9,12H,4-8,10,14H2,1-3H3. The van der Waals surface area contributed by atoms with Crippen molar-refractivity contribution < 1.29 is 0 Å². The Morgan fingerprint density at radius 3 is 2.69 bits per heavy atom. The van der Waals surface area contributed by atoms with Gasteiger partial charge in [-0.1, -0.05) is 32.6 Å². The third-order valence-corrected chi connectivity index (χ3v) is 3.00. The van der Waals surface area contributed by atoms with E-state index >= 15 is 0 Å². The minimum atomic E-state index is 0.284. The molecule has 0 amide bonds. The monoisotopic (exact) mass is 223 g/mol. The SMILES string of the molecule is CCCCCCC(N)Cc1cc(C)nn1C. The summed E-state index contributed by atoms with van der Waals surface area (Å²) in [6.45, 7) is 4.26. The first-order valence-corrected chi connectivity index (χ1v) is 6.38. The van der Waals surface area contributed by atoms with Gasteiger partial charge >= 0.3 is 0 Å². The number of hydrogen-bond acceptors (Lipinski definition) is 2. The maximum absolute atomic E-state index is 6.12. The third-order valence-electron chi connectivity index (χ3n) is 3.00. The fourth-order valence-corrected chi connectivity index (χ4v) is 2.06. The van der Waals surface area contributed by atoms with Gasteiger partial charge < -0.3 is 5.73 Å². The number of aryl methyl sites for hydroxylation is 2. The molecule has 0 aromatic carbocycles. The number of nitrogens with two attached hydrogens (primary N) is 1. The molecule has 2 N–H and O–H groups in total. The predicted octanol–water partition coefficient (Wildman–Crippen LogP) is 2.57. The maximum Gasteiger partial charge on any atom is 0.0596 e. The molecule has 1 unspecified atom stereocenters. The van der Waals surface area contributed by atoms with Crippen LogP contribution in [0.3, 0.4) is 0 Å². The summed E-state index contributed by atoms with van der Waals surface area (Å²) in [4.78, 5) is 0. The van der Waals surface area contributed by atoms with Crippen molar-refractivity contribution in [2.24, 2.45) is 12.8 Å². The minimum Gasteiger partial charge on any atom is -0.327 e. The van der Waals surface area contributed by atoms with Crippen molar-refractivity contribution in [3.05, 3.63) is 17.5 Å². The summed E-state index contributed by atoms with van der Waals surface area (Å²) in [5, 5.41) is 4.33. The van der Waals surface area contributed by atoms with Crippen molar-refractivity contribution in [1.82, 2.24) is 9.78 Å². The molecule has 0 aliphatic heterocycles. The van der Waals surface area contributed by atoms with E-state index < -0.39 is 0 Å². The van der Waals surface area contributed by atoms with Crippen molar-refractivity contribution in [1.29, 1.82) is 0 Å². The molecule has 1 aromatic rings. The average molecular weight is 223 g/mol. The molecule has 0 bridgehead atoms. The van der Waals surface area contributed by atoms with Gasteiger partial charge in [0.05, 0.1) is 5.69 Å². The molecule has 3 nitrogen and oxygen atoms in total. The van der Waals surface area contributed by atoms with E-state index in [1.165, 1.54) is 31.4 Å². The first-order valence-electron chi connectivity index (χ1n) is 6.38. The first kappa shape index (κ1) is 13.2. The van der Waals surface area contributed by atoms with Gasteiger partial charge in [0.15, 0.2) is 0 Å². The van der Waals surface area contributed by atoms with Crippen molar-refractivity contribution >= 4 is 0 Å². The molecule has 1 heterocycles. The molecule has 3 heteroatoms. The summed E-state index contributed by atoms with van der Waals surface area (Å²) < 4.78 is 1.95. The summed E-state index contributed by atoms with van der Waals surface area (Å²) in [5.74, 6) is 0. The van der Waals surface area contributed by atoms with Crippen LogP contribution in [0.2, 0.25) is 0 Å². The highest BCUT2D eigenvalue weighted by atomic mass is 15.3. The Labute approximate surface area is 99.0 Å². The Bertz CT molecular complexity index is 304. The predicted molar refractivity (Wildman–Crippen MR) is 68.4 cm³/mol. The Kier molecular flexibility index (Phi) is 5.53. The zero-order valence-electron chi connectivity index (χ0n) is 10.9. The van der Waals surface area contributed by atoms with Crippen LogP contribution in [0.25, 0.3) is 0 Å². The van der Waals surface area contributed by atoms with Gasteiger partial charge in [-0.15, -0.1) is 0 Å². The van der Waals surface area contributed by atoms with Crippen molar-refractivity contribution in [3.63, 3.8) is 0 Å². The lowest BCUT2D eigenvalue weighted by Gasteiger charge is -2.11. The van der Waals surface area contributed by atoms with E-state index in [4.69, 9.17) is 5.73 Å². The molecule has 0 saturated carbocycles. The molecule has 0 aliphatic rings. The molecule has 1 atom stereocenters. The Morgan fingerprint density at radius 1 is 1.38 bits per heavy atom. The maximum atomic E-state index is 6.12. The second-order valence-electron chi connectivity index (χ2n) is 4.71. The summed E-state index contributed by atoms with van der Waals surface area (Å²) in [7, 11) is 1.99. The third kappa shape index (κ3) is 4.35. The molecule has 0 spiro atoms. The molecular weight excluding hydrogens is 198 g/mol. The van der Waals surface area contributed by atoms with E-state index in [-0.39, 0.29) is 6.04 Å². The van der Waals surface area contributed by atoms with Crippen LogP contribution < -0.4 is 5.73 Å². The molecule has 0 aliphatic carbocycles. The number of unbranched alkanes of at least 4 members (excludes halogenated alkanes) is 3. The lowest BCUT2D eigenvalue weighted by Crippen LogP contribution is -2.23. The molecule has 92 valence electrons. The van der Waals surface area contributed by atoms with Crippen molar-refractivity contribution in [2.75, 3.05) is 0 Å². The second-order valence-corrected chi connectivity index (χ2v) is 4.71. The van der Waals surface area contributed by atoms with Crippen LogP contribution in [-0.2, 0) is 13.5 Å². The Balaban J connectivity index is 2.28. The first-order chi connectivity index (χ1) is 7.63. The van der Waals surface area contributed by atoms with Gasteiger partial charge in [0.25, 0.3) is 0 Å². The summed E-state index contributed by atoms with van der Waals surface area (Å²) in [6, 6.07) is 2.41. The van der Waals surface area contributed by atoms with Crippen LogP contribution in [0.1, 0.15) is 50.4 Å². The smallest absolute Gasteiger partial charge is 0.0596 e. The van der Waals surface area contributed by atoms with Gasteiger partial charge in [-0.25, -0.2) is 0 Å². The molecule has 16 heavy (non-hydrogen) atoms. The minimum absolute atomic E-state index is 0.284. The molecule has 0 fully saturated rings. The lowest BCUT2D eigenvalue weighted by molar-refractivity contribution is 0.531. The van der Waals surface area contributed by atoms with Crippen LogP contribution >= 0.6 is 0 Å². The van der Waals surface area contributed by atoms with E-state index in [1.54, 1.807) is 0 Å².